The molecule has 5 heteroatoms. The number of ether oxygens (including phenoxy) is 2. The van der Waals surface area contributed by atoms with Gasteiger partial charge in [-0.05, 0) is 17.5 Å². The number of benzene rings is 2. The zero-order chi connectivity index (χ0) is 18.6. The molecule has 0 aliphatic carbocycles. The summed E-state index contributed by atoms with van der Waals surface area (Å²) < 4.78 is 12.5. The maximum absolute atomic E-state index is 12.4. The Hall–Kier alpha value is -2.21. The summed E-state index contributed by atoms with van der Waals surface area (Å²) >= 11 is 0. The van der Waals surface area contributed by atoms with Crippen LogP contribution < -0.4 is 0 Å². The van der Waals surface area contributed by atoms with E-state index in [4.69, 9.17) is 9.47 Å². The summed E-state index contributed by atoms with van der Waals surface area (Å²) in [5.41, 5.74) is 2.15. The highest BCUT2D eigenvalue weighted by molar-refractivity contribution is 5.80. The van der Waals surface area contributed by atoms with Crippen LogP contribution in [0.4, 0.5) is 0 Å². The first-order chi connectivity index (χ1) is 13.3. The van der Waals surface area contributed by atoms with Gasteiger partial charge in [-0.15, -0.1) is 0 Å². The van der Waals surface area contributed by atoms with Gasteiger partial charge < -0.3 is 19.5 Å². The molecule has 4 rings (SSSR count). The number of aliphatic hydroxyl groups excluding tert-OH is 1. The van der Waals surface area contributed by atoms with Crippen LogP contribution in [0.2, 0.25) is 0 Å². The molecular formula is C22H25NO4. The Kier molecular flexibility index (Phi) is 5.53. The van der Waals surface area contributed by atoms with Gasteiger partial charge in [0.25, 0.3) is 0 Å². The van der Waals surface area contributed by atoms with Crippen LogP contribution >= 0.6 is 0 Å². The molecule has 0 spiro atoms. The molecule has 2 aromatic rings. The molecule has 1 amide bonds. The van der Waals surface area contributed by atoms with Gasteiger partial charge in [-0.25, -0.2) is 0 Å². The minimum atomic E-state index is -0.352. The van der Waals surface area contributed by atoms with Gasteiger partial charge in [-0.3, -0.25) is 4.79 Å². The van der Waals surface area contributed by atoms with Gasteiger partial charge in [-0.2, -0.15) is 0 Å². The molecule has 1 N–H and O–H groups in total. The van der Waals surface area contributed by atoms with Crippen molar-refractivity contribution in [1.82, 2.24) is 4.90 Å². The number of carbonyl (C=O) groups excluding carboxylic acids is 1. The molecule has 2 saturated heterocycles. The van der Waals surface area contributed by atoms with Crippen molar-refractivity contribution in [2.45, 2.75) is 50.3 Å². The molecule has 0 unspecified atom stereocenters. The largest absolute Gasteiger partial charge is 0.394 e. The van der Waals surface area contributed by atoms with Crippen LogP contribution in [0.15, 0.2) is 60.7 Å². The fraction of sp³-hybridized carbons (Fsp3) is 0.409. The van der Waals surface area contributed by atoms with E-state index in [0.717, 1.165) is 17.5 Å². The molecular weight excluding hydrogens is 342 g/mol. The highest BCUT2D eigenvalue weighted by Gasteiger charge is 2.54. The Balaban J connectivity index is 1.51. The predicted octanol–water partition coefficient (Wildman–Crippen LogP) is 2.52. The van der Waals surface area contributed by atoms with Crippen molar-refractivity contribution in [1.29, 1.82) is 0 Å². The first kappa shape index (κ1) is 18.2. The van der Waals surface area contributed by atoms with Crippen molar-refractivity contribution in [2.24, 2.45) is 0 Å². The second-order valence-corrected chi connectivity index (χ2v) is 7.18. The molecule has 27 heavy (non-hydrogen) atoms. The number of fused-ring (bicyclic) bond motifs is 1. The summed E-state index contributed by atoms with van der Waals surface area (Å²) in [4.78, 5) is 14.2. The molecule has 4 atom stereocenters. The number of hydrogen-bond donors (Lipinski definition) is 1. The maximum atomic E-state index is 12.4. The van der Waals surface area contributed by atoms with E-state index in [9.17, 15) is 9.90 Å². The molecule has 0 aromatic heterocycles. The Bertz CT molecular complexity index is 708. The molecule has 142 valence electrons. The molecule has 0 radical (unpaired) electrons. The van der Waals surface area contributed by atoms with Gasteiger partial charge >= 0.3 is 0 Å². The van der Waals surface area contributed by atoms with E-state index < -0.39 is 0 Å². The van der Waals surface area contributed by atoms with Crippen LogP contribution in [0.25, 0.3) is 0 Å². The van der Waals surface area contributed by atoms with Crippen LogP contribution in [0.3, 0.4) is 0 Å². The average molecular weight is 367 g/mol. The Morgan fingerprint density at radius 2 is 1.44 bits per heavy atom. The zero-order valence-corrected chi connectivity index (χ0v) is 15.2. The summed E-state index contributed by atoms with van der Waals surface area (Å²) in [7, 11) is 0. The minimum absolute atomic E-state index is 0.0286. The van der Waals surface area contributed by atoms with E-state index in [0.29, 0.717) is 19.6 Å². The zero-order valence-electron chi connectivity index (χ0n) is 15.2. The number of carbonyl (C=O) groups is 1. The normalized spacial score (nSPS) is 27.1. The third kappa shape index (κ3) is 3.76. The number of hydrogen-bond acceptors (Lipinski definition) is 4. The van der Waals surface area contributed by atoms with Crippen molar-refractivity contribution >= 4 is 5.91 Å². The van der Waals surface area contributed by atoms with Gasteiger partial charge in [0, 0.05) is 6.42 Å². The van der Waals surface area contributed by atoms with Gasteiger partial charge in [0.2, 0.25) is 5.91 Å². The van der Waals surface area contributed by atoms with Gasteiger partial charge in [0.1, 0.15) is 12.2 Å². The summed E-state index contributed by atoms with van der Waals surface area (Å²) in [5, 5.41) is 9.97. The van der Waals surface area contributed by atoms with Crippen LogP contribution in [0, 0.1) is 0 Å². The highest BCUT2D eigenvalue weighted by Crippen LogP contribution is 2.38. The molecule has 0 saturated carbocycles. The Labute approximate surface area is 159 Å². The molecule has 5 nitrogen and oxygen atoms in total. The highest BCUT2D eigenvalue weighted by atomic mass is 16.5. The van der Waals surface area contributed by atoms with E-state index in [1.807, 2.05) is 60.7 Å². The average Bonchev–Trinajstić information content (AvgIpc) is 3.23. The lowest BCUT2D eigenvalue weighted by atomic mass is 10.0. The SMILES string of the molecule is O=C1CC[C@@H]2[C@H](OCc3ccccc3)[C@H](OCc3ccccc3)[C@@H](CO)N12. The van der Waals surface area contributed by atoms with Crippen molar-refractivity contribution in [3.63, 3.8) is 0 Å². The van der Waals surface area contributed by atoms with Crippen molar-refractivity contribution in [2.75, 3.05) is 6.61 Å². The van der Waals surface area contributed by atoms with E-state index in [-0.39, 0.29) is 36.8 Å². The lowest BCUT2D eigenvalue weighted by molar-refractivity contribution is -0.132. The van der Waals surface area contributed by atoms with Gasteiger partial charge in [-0.1, -0.05) is 60.7 Å². The smallest absolute Gasteiger partial charge is 0.223 e. The first-order valence-corrected chi connectivity index (χ1v) is 9.51. The number of amides is 1. The molecule has 2 aromatic carbocycles. The summed E-state index contributed by atoms with van der Waals surface area (Å²) in [5.74, 6) is 0.0816. The van der Waals surface area contributed by atoms with E-state index in [1.54, 1.807) is 4.90 Å². The fourth-order valence-electron chi connectivity index (χ4n) is 4.21. The topological polar surface area (TPSA) is 59.0 Å². The third-order valence-electron chi connectivity index (χ3n) is 5.50. The monoisotopic (exact) mass is 367 g/mol. The lowest BCUT2D eigenvalue weighted by Gasteiger charge is -2.26. The summed E-state index contributed by atoms with van der Waals surface area (Å²) in [6.07, 6.45) is 0.684. The molecule has 2 heterocycles. The van der Waals surface area contributed by atoms with Crippen molar-refractivity contribution in [3.05, 3.63) is 71.8 Å². The molecule has 2 aliphatic rings. The van der Waals surface area contributed by atoms with E-state index in [2.05, 4.69) is 0 Å². The minimum Gasteiger partial charge on any atom is -0.394 e. The Morgan fingerprint density at radius 1 is 0.889 bits per heavy atom. The predicted molar refractivity (Wildman–Crippen MR) is 101 cm³/mol. The second-order valence-electron chi connectivity index (χ2n) is 7.18. The van der Waals surface area contributed by atoms with Crippen LogP contribution in [-0.4, -0.2) is 46.8 Å². The van der Waals surface area contributed by atoms with E-state index in [1.165, 1.54) is 0 Å². The van der Waals surface area contributed by atoms with Gasteiger partial charge in [0.05, 0.1) is 31.9 Å². The molecule has 2 aliphatic heterocycles. The fourth-order valence-corrected chi connectivity index (χ4v) is 4.21. The van der Waals surface area contributed by atoms with E-state index >= 15 is 0 Å². The first-order valence-electron chi connectivity index (χ1n) is 9.51. The van der Waals surface area contributed by atoms with Gasteiger partial charge in [0.15, 0.2) is 0 Å². The van der Waals surface area contributed by atoms with Crippen LogP contribution in [-0.2, 0) is 27.5 Å². The quantitative estimate of drug-likeness (QED) is 0.817. The van der Waals surface area contributed by atoms with Crippen molar-refractivity contribution < 1.29 is 19.4 Å². The summed E-state index contributed by atoms with van der Waals surface area (Å²) in [6, 6.07) is 19.5. The Morgan fingerprint density at radius 3 is 2.00 bits per heavy atom. The number of nitrogens with zero attached hydrogens (tertiary/aromatic N) is 1. The molecule has 0 bridgehead atoms. The number of rotatable bonds is 7. The standard InChI is InChI=1S/C22H25NO4/c24-13-19-22(27-15-17-9-5-2-6-10-17)21(18-11-12-20(25)23(18)19)26-14-16-7-3-1-4-8-16/h1-10,18-19,21-22,24H,11-15H2/t18-,19-,21+,22-/m1/s1. The van der Waals surface area contributed by atoms with Crippen molar-refractivity contribution in [3.8, 4) is 0 Å². The third-order valence-corrected chi connectivity index (χ3v) is 5.50. The second kappa shape index (κ2) is 8.21. The molecule has 2 fully saturated rings. The maximum Gasteiger partial charge on any atom is 0.223 e. The lowest BCUT2D eigenvalue weighted by Crippen LogP contribution is -2.42. The van der Waals surface area contributed by atoms with Crippen LogP contribution in [0.5, 0.6) is 0 Å². The summed E-state index contributed by atoms with van der Waals surface area (Å²) in [6.45, 7) is 0.780. The number of aliphatic hydroxyl groups is 1. The van der Waals surface area contributed by atoms with Crippen LogP contribution in [0.1, 0.15) is 24.0 Å².